The monoisotopic (exact) mass is 476 g/mol. The van der Waals surface area contributed by atoms with Gasteiger partial charge in [0.05, 0.1) is 11.6 Å². The van der Waals surface area contributed by atoms with Crippen molar-refractivity contribution in [1.82, 2.24) is 4.90 Å². The molecule has 182 valence electrons. The van der Waals surface area contributed by atoms with Crippen molar-refractivity contribution in [2.75, 3.05) is 43.0 Å². The highest BCUT2D eigenvalue weighted by Crippen LogP contribution is 2.33. The van der Waals surface area contributed by atoms with E-state index in [0.29, 0.717) is 17.2 Å². The highest BCUT2D eigenvalue weighted by molar-refractivity contribution is 5.93. The molecule has 0 aromatic heterocycles. The van der Waals surface area contributed by atoms with E-state index in [0.717, 1.165) is 53.9 Å². The molecule has 0 bridgehead atoms. The van der Waals surface area contributed by atoms with E-state index in [1.165, 1.54) is 25.1 Å². The van der Waals surface area contributed by atoms with Gasteiger partial charge in [-0.05, 0) is 85.0 Å². The van der Waals surface area contributed by atoms with Gasteiger partial charge in [-0.15, -0.1) is 0 Å². The largest absolute Gasteiger partial charge is 0.369 e. The van der Waals surface area contributed by atoms with Crippen LogP contribution in [-0.4, -0.2) is 50.5 Å². The Labute approximate surface area is 213 Å². The predicted molar refractivity (Wildman–Crippen MR) is 147 cm³/mol. The lowest BCUT2D eigenvalue weighted by atomic mass is 9.91. The normalized spacial score (nSPS) is 18.0. The molecule has 2 heterocycles. The van der Waals surface area contributed by atoms with Crippen LogP contribution in [0.3, 0.4) is 0 Å². The number of nitrogens with zero attached hydrogens (tertiary/aromatic N) is 4. The molecule has 2 aliphatic rings. The number of nitriles is 1. The quantitative estimate of drug-likeness (QED) is 0.420. The van der Waals surface area contributed by atoms with E-state index >= 15 is 0 Å². The molecule has 36 heavy (non-hydrogen) atoms. The van der Waals surface area contributed by atoms with E-state index in [9.17, 15) is 4.79 Å². The van der Waals surface area contributed by atoms with Crippen LogP contribution in [0.15, 0.2) is 72.9 Å². The van der Waals surface area contributed by atoms with Gasteiger partial charge in [0.1, 0.15) is 0 Å². The Balaban J connectivity index is 1.38. The number of carbonyl (C=O) groups is 1. The Morgan fingerprint density at radius 2 is 1.81 bits per heavy atom. The van der Waals surface area contributed by atoms with Crippen LogP contribution in [0.2, 0.25) is 0 Å². The van der Waals surface area contributed by atoms with Gasteiger partial charge in [-0.2, -0.15) is 5.26 Å². The van der Waals surface area contributed by atoms with Crippen LogP contribution in [0, 0.1) is 11.3 Å². The molecule has 3 aromatic rings. The summed E-state index contributed by atoms with van der Waals surface area (Å²) in [7, 11) is 2.04. The summed E-state index contributed by atoms with van der Waals surface area (Å²) in [5.74, 6) is 0. The van der Waals surface area contributed by atoms with Crippen molar-refractivity contribution >= 4 is 23.2 Å². The maximum atomic E-state index is 11.9. The van der Waals surface area contributed by atoms with Crippen LogP contribution in [-0.2, 0) is 0 Å². The third-order valence-electron chi connectivity index (χ3n) is 7.54. The number of carbonyl (C=O) groups excluding carboxylic acids is 1. The van der Waals surface area contributed by atoms with Gasteiger partial charge < -0.3 is 9.80 Å². The van der Waals surface area contributed by atoms with Crippen molar-refractivity contribution in [1.29, 1.82) is 5.26 Å². The van der Waals surface area contributed by atoms with Gasteiger partial charge in [0.25, 0.3) is 0 Å². The summed E-state index contributed by atoms with van der Waals surface area (Å²) in [6, 6.07) is 24.9. The predicted octanol–water partition coefficient (Wildman–Crippen LogP) is 5.82. The highest BCUT2D eigenvalue weighted by Gasteiger charge is 2.30. The SMILES string of the molecule is C/C(=C/N(C)c1ccc(N2CCN3CCCC3C2)cc1)c1c(C=O)cccc1-c1ccc(C#N)cc1. The summed E-state index contributed by atoms with van der Waals surface area (Å²) in [6.07, 6.45) is 5.64. The molecule has 1 unspecified atom stereocenters. The molecule has 0 amide bonds. The summed E-state index contributed by atoms with van der Waals surface area (Å²) in [4.78, 5) is 19.2. The van der Waals surface area contributed by atoms with Crippen molar-refractivity contribution in [2.45, 2.75) is 25.8 Å². The number of rotatable bonds is 6. The van der Waals surface area contributed by atoms with Crippen molar-refractivity contribution in [3.05, 3.63) is 89.6 Å². The fourth-order valence-corrected chi connectivity index (χ4v) is 5.63. The van der Waals surface area contributed by atoms with Crippen LogP contribution in [0.25, 0.3) is 16.7 Å². The minimum absolute atomic E-state index is 0.618. The van der Waals surface area contributed by atoms with Gasteiger partial charge >= 0.3 is 0 Å². The van der Waals surface area contributed by atoms with Crippen molar-refractivity contribution in [3.8, 4) is 17.2 Å². The highest BCUT2D eigenvalue weighted by atomic mass is 16.1. The van der Waals surface area contributed by atoms with Crippen LogP contribution < -0.4 is 9.80 Å². The first-order valence-corrected chi connectivity index (χ1v) is 12.7. The number of aldehydes is 1. The lowest BCUT2D eigenvalue weighted by molar-refractivity contribution is 0.112. The number of allylic oxidation sites excluding steroid dienone is 1. The first-order valence-electron chi connectivity index (χ1n) is 12.7. The molecule has 3 aromatic carbocycles. The Morgan fingerprint density at radius 3 is 2.53 bits per heavy atom. The maximum absolute atomic E-state index is 11.9. The summed E-state index contributed by atoms with van der Waals surface area (Å²) in [5, 5.41) is 9.14. The molecule has 5 nitrogen and oxygen atoms in total. The molecule has 0 radical (unpaired) electrons. The van der Waals surface area contributed by atoms with Crippen molar-refractivity contribution in [2.24, 2.45) is 0 Å². The molecule has 0 spiro atoms. The first kappa shape index (κ1) is 23.8. The van der Waals surface area contributed by atoms with E-state index in [4.69, 9.17) is 5.26 Å². The molecule has 5 rings (SSSR count). The van der Waals surface area contributed by atoms with E-state index in [2.05, 4.69) is 51.2 Å². The number of hydrogen-bond donors (Lipinski definition) is 0. The van der Waals surface area contributed by atoms with Gasteiger partial charge in [-0.3, -0.25) is 9.69 Å². The third-order valence-corrected chi connectivity index (χ3v) is 7.54. The molecular weight excluding hydrogens is 444 g/mol. The molecule has 2 aliphatic heterocycles. The van der Waals surface area contributed by atoms with Gasteiger partial charge in [0, 0.05) is 55.9 Å². The zero-order valence-corrected chi connectivity index (χ0v) is 21.0. The fraction of sp³-hybridized carbons (Fsp3) is 0.290. The van der Waals surface area contributed by atoms with Crippen LogP contribution in [0.5, 0.6) is 0 Å². The second kappa shape index (κ2) is 10.4. The summed E-state index contributed by atoms with van der Waals surface area (Å²) >= 11 is 0. The molecule has 0 N–H and O–H groups in total. The minimum atomic E-state index is 0.618. The number of piperazine rings is 1. The topological polar surface area (TPSA) is 50.6 Å². The Kier molecular flexibility index (Phi) is 6.88. The summed E-state index contributed by atoms with van der Waals surface area (Å²) in [5.41, 5.74) is 7.53. The second-order valence-electron chi connectivity index (χ2n) is 9.79. The standard InChI is InChI=1S/C31H32N4O/c1-23(31-26(22-36)5-3-7-30(31)25-10-8-24(19-32)9-11-25)20-33(2)27-12-14-28(15-13-27)35-18-17-34-16-4-6-29(34)21-35/h3,5,7-15,20,22,29H,4,6,16-18,21H2,1-2H3/b23-20-. The smallest absolute Gasteiger partial charge is 0.150 e. The summed E-state index contributed by atoms with van der Waals surface area (Å²) < 4.78 is 0. The molecule has 1 atom stereocenters. The molecular formula is C31H32N4O. The third kappa shape index (κ3) is 4.78. The van der Waals surface area contributed by atoms with E-state index in [-0.39, 0.29) is 0 Å². The Morgan fingerprint density at radius 1 is 1.03 bits per heavy atom. The van der Waals surface area contributed by atoms with E-state index < -0.39 is 0 Å². The molecule has 0 aliphatic carbocycles. The molecule has 2 fully saturated rings. The Hall–Kier alpha value is -3.88. The lowest BCUT2D eigenvalue weighted by Gasteiger charge is -2.39. The van der Waals surface area contributed by atoms with Gasteiger partial charge in [-0.25, -0.2) is 0 Å². The zero-order valence-electron chi connectivity index (χ0n) is 21.0. The molecule has 0 saturated carbocycles. The average Bonchev–Trinajstić information content (AvgIpc) is 3.40. The number of benzene rings is 3. The zero-order chi connectivity index (χ0) is 25.1. The summed E-state index contributed by atoms with van der Waals surface area (Å²) in [6.45, 7) is 6.67. The van der Waals surface area contributed by atoms with E-state index in [1.54, 1.807) is 0 Å². The van der Waals surface area contributed by atoms with Crippen LogP contribution in [0.1, 0.15) is 41.3 Å². The lowest BCUT2D eigenvalue weighted by Crippen LogP contribution is -2.50. The maximum Gasteiger partial charge on any atom is 0.150 e. The van der Waals surface area contributed by atoms with Crippen LogP contribution in [0.4, 0.5) is 11.4 Å². The Bertz CT molecular complexity index is 1300. The van der Waals surface area contributed by atoms with Gasteiger partial charge in [0.15, 0.2) is 6.29 Å². The number of hydrogen-bond acceptors (Lipinski definition) is 5. The van der Waals surface area contributed by atoms with Gasteiger partial charge in [-0.1, -0.05) is 30.3 Å². The molecule has 2 saturated heterocycles. The number of fused-ring (bicyclic) bond motifs is 1. The van der Waals surface area contributed by atoms with Crippen molar-refractivity contribution < 1.29 is 4.79 Å². The minimum Gasteiger partial charge on any atom is -0.369 e. The fourth-order valence-electron chi connectivity index (χ4n) is 5.63. The molecule has 5 heteroatoms. The van der Waals surface area contributed by atoms with Gasteiger partial charge in [0.2, 0.25) is 0 Å². The van der Waals surface area contributed by atoms with Crippen molar-refractivity contribution in [3.63, 3.8) is 0 Å². The first-order chi connectivity index (χ1) is 17.6. The average molecular weight is 477 g/mol. The second-order valence-corrected chi connectivity index (χ2v) is 9.79. The number of anilines is 2. The van der Waals surface area contributed by atoms with E-state index in [1.807, 2.05) is 56.4 Å². The van der Waals surface area contributed by atoms with Crippen LogP contribution >= 0.6 is 0 Å².